The van der Waals surface area contributed by atoms with Crippen LogP contribution in [0.5, 0.6) is 28.7 Å². The predicted octanol–water partition coefficient (Wildman–Crippen LogP) is 9.86. The van der Waals surface area contributed by atoms with Gasteiger partial charge in [0.2, 0.25) is 0 Å². The van der Waals surface area contributed by atoms with Crippen LogP contribution in [0.4, 0.5) is 47.9 Å². The summed E-state index contributed by atoms with van der Waals surface area (Å²) < 4.78 is 71.7. The third-order valence-electron chi connectivity index (χ3n) is 6.31. The van der Waals surface area contributed by atoms with Crippen molar-refractivity contribution in [2.45, 2.75) is 5.92 Å². The fourth-order valence-electron chi connectivity index (χ4n) is 5.06. The Labute approximate surface area is 214 Å². The zero-order valence-corrected chi connectivity index (χ0v) is 20.1. The fourth-order valence-corrected chi connectivity index (χ4v) is 5.06. The number of benzene rings is 4. The largest absolute Gasteiger partial charge is 0.506 e. The van der Waals surface area contributed by atoms with Gasteiger partial charge in [0, 0.05) is 28.8 Å². The molecular weight excluding hydrogens is 553 g/mol. The second kappa shape index (κ2) is 7.32. The minimum atomic E-state index is -10.7. The van der Waals surface area contributed by atoms with Gasteiger partial charge in [-0.3, -0.25) is 10.1 Å². The molecule has 7 nitrogen and oxygen atoms in total. The molecule has 3 aliphatic rings. The Balaban J connectivity index is 0.000000353. The van der Waals surface area contributed by atoms with Gasteiger partial charge in [0.25, 0.3) is 5.69 Å². The van der Waals surface area contributed by atoms with E-state index in [2.05, 4.69) is 0 Å². The Kier molecular flexibility index (Phi) is 4.66. The number of nitrogens with zero attached hydrogens (tertiary/aromatic N) is 2. The molecule has 0 bridgehead atoms. The molecule has 3 heterocycles. The number of phenolic OH excluding ortho intramolecular Hbond substituents is 1. The van der Waals surface area contributed by atoms with Gasteiger partial charge < -0.3 is 19.5 Å². The summed E-state index contributed by atoms with van der Waals surface area (Å²) in [5.74, 6) is 2.79. The maximum absolute atomic E-state index is 11.5. The van der Waals surface area contributed by atoms with Crippen molar-refractivity contribution >= 4 is 30.6 Å². The summed E-state index contributed by atoms with van der Waals surface area (Å²) in [4.78, 5) is 12.8. The van der Waals surface area contributed by atoms with Gasteiger partial charge in [-0.05, 0) is 42.5 Å². The van der Waals surface area contributed by atoms with Crippen LogP contribution in [0, 0.1) is 10.1 Å². The molecule has 0 aromatic heterocycles. The van der Waals surface area contributed by atoms with E-state index < -0.39 is 12.7 Å². The molecule has 39 heavy (non-hydrogen) atoms. The van der Waals surface area contributed by atoms with Crippen LogP contribution in [0.15, 0.2) is 72.8 Å². The van der Waals surface area contributed by atoms with E-state index in [1.165, 1.54) is 18.2 Å². The SMILES string of the molecule is F[P-](F)(F)(F)(F)F.O=[N+]([O-])c1ccc(O)c(N2c3cccc4c3C3c5c(cccc5Oc5cccc2c53)O4)c1. The van der Waals surface area contributed by atoms with E-state index >= 15 is 0 Å². The third-order valence-corrected chi connectivity index (χ3v) is 6.31. The minimum absolute atomic E-state index is 0.0567. The molecule has 202 valence electrons. The molecule has 4 aromatic rings. The molecule has 0 unspecified atom stereocenters. The second-order valence-corrected chi connectivity index (χ2v) is 10.8. The number of hydrogen-bond acceptors (Lipinski definition) is 6. The van der Waals surface area contributed by atoms with E-state index in [1.54, 1.807) is 0 Å². The van der Waals surface area contributed by atoms with Crippen LogP contribution < -0.4 is 14.4 Å². The van der Waals surface area contributed by atoms with E-state index in [0.717, 1.165) is 51.1 Å². The molecule has 14 heteroatoms. The number of hydrogen-bond donors (Lipinski definition) is 1. The normalized spacial score (nSPS) is 15.9. The van der Waals surface area contributed by atoms with Crippen LogP contribution in [0.2, 0.25) is 0 Å². The van der Waals surface area contributed by atoms with Crippen molar-refractivity contribution < 1.29 is 44.7 Å². The van der Waals surface area contributed by atoms with Crippen molar-refractivity contribution in [3.63, 3.8) is 0 Å². The number of non-ortho nitro benzene ring substituents is 1. The summed E-state index contributed by atoms with van der Waals surface area (Å²) in [6.07, 6.45) is 0. The van der Waals surface area contributed by atoms with Crippen molar-refractivity contribution in [2.24, 2.45) is 0 Å². The van der Waals surface area contributed by atoms with Crippen LogP contribution in [0.1, 0.15) is 22.6 Å². The second-order valence-electron chi connectivity index (χ2n) is 8.91. The van der Waals surface area contributed by atoms with Gasteiger partial charge in [-0.2, -0.15) is 0 Å². The van der Waals surface area contributed by atoms with Crippen molar-refractivity contribution in [3.8, 4) is 28.7 Å². The van der Waals surface area contributed by atoms with Gasteiger partial charge in [-0.25, -0.2) is 0 Å². The summed E-state index contributed by atoms with van der Waals surface area (Å²) in [6.45, 7) is 0. The molecule has 0 aliphatic carbocycles. The Morgan fingerprint density at radius 2 is 1.15 bits per heavy atom. The summed E-state index contributed by atoms with van der Waals surface area (Å²) in [7, 11) is -10.7. The van der Waals surface area contributed by atoms with Gasteiger partial charge >= 0.3 is 33.0 Å². The Morgan fingerprint density at radius 1 is 0.718 bits per heavy atom. The van der Waals surface area contributed by atoms with E-state index in [4.69, 9.17) is 9.47 Å². The molecule has 0 atom stereocenters. The number of nitro groups is 1. The molecule has 0 saturated carbocycles. The molecule has 0 saturated heterocycles. The predicted molar refractivity (Wildman–Crippen MR) is 131 cm³/mol. The maximum Gasteiger partial charge on any atom is 0.271 e. The standard InChI is InChI=1S/C25H14N2O5.F6P/c28-17-11-10-13(27(29)30)12-16(17)26-14-4-1-6-18-22(14)25-23-15(26)5-2-7-19(23)32-21-9-3-8-20(31-18)24(21)25;1-7(2,3,4,5)6/h1-12,25,28H;/q;-1. The molecule has 0 spiro atoms. The van der Waals surface area contributed by atoms with Gasteiger partial charge in [0.1, 0.15) is 28.7 Å². The Hall–Kier alpha value is -4.51. The fraction of sp³-hybridized carbons (Fsp3) is 0.0400. The first-order valence-electron chi connectivity index (χ1n) is 11.1. The summed E-state index contributed by atoms with van der Waals surface area (Å²) >= 11 is 0. The van der Waals surface area contributed by atoms with Gasteiger partial charge in [0.15, 0.2) is 0 Å². The number of phenols is 1. The molecule has 3 aliphatic heterocycles. The van der Waals surface area contributed by atoms with Crippen LogP contribution in [0.25, 0.3) is 0 Å². The number of aromatic hydroxyl groups is 1. The first kappa shape index (κ1) is 24.8. The molecule has 4 aromatic carbocycles. The van der Waals surface area contributed by atoms with E-state index in [9.17, 15) is 40.4 Å². The average molecular weight is 567 g/mol. The average Bonchev–Trinajstić information content (AvgIpc) is 2.83. The van der Waals surface area contributed by atoms with Crippen LogP contribution >= 0.6 is 7.81 Å². The van der Waals surface area contributed by atoms with Gasteiger partial charge in [-0.15, -0.1) is 0 Å². The van der Waals surface area contributed by atoms with Crippen LogP contribution in [-0.2, 0) is 0 Å². The summed E-state index contributed by atoms with van der Waals surface area (Å²) in [6, 6.07) is 21.3. The van der Waals surface area contributed by atoms with Crippen LogP contribution in [-0.4, -0.2) is 10.0 Å². The number of nitro benzene ring substituents is 1. The quantitative estimate of drug-likeness (QED) is 0.0969. The minimum Gasteiger partial charge on any atom is -0.506 e. The topological polar surface area (TPSA) is 85.1 Å². The van der Waals surface area contributed by atoms with E-state index in [0.29, 0.717) is 5.69 Å². The Morgan fingerprint density at radius 3 is 1.62 bits per heavy atom. The van der Waals surface area contributed by atoms with Gasteiger partial charge in [-0.1, -0.05) is 18.2 Å². The van der Waals surface area contributed by atoms with Crippen molar-refractivity contribution in [1.82, 2.24) is 0 Å². The third kappa shape index (κ3) is 4.44. The molecule has 0 radical (unpaired) electrons. The summed E-state index contributed by atoms with van der Waals surface area (Å²) in [5.41, 5.74) is 4.68. The molecular formula is C25H14F6N2O5P-. The maximum atomic E-state index is 11.5. The Bertz CT molecular complexity index is 1640. The summed E-state index contributed by atoms with van der Waals surface area (Å²) in [5, 5.41) is 22.2. The number of anilines is 3. The van der Waals surface area contributed by atoms with Crippen molar-refractivity contribution in [2.75, 3.05) is 4.90 Å². The molecule has 7 rings (SSSR count). The first-order chi connectivity index (χ1) is 18.1. The van der Waals surface area contributed by atoms with Crippen molar-refractivity contribution in [3.05, 3.63) is 99.6 Å². The van der Waals surface area contributed by atoms with Crippen LogP contribution in [0.3, 0.4) is 0 Å². The number of rotatable bonds is 2. The zero-order valence-electron chi connectivity index (χ0n) is 19.2. The first-order valence-corrected chi connectivity index (χ1v) is 13.2. The van der Waals surface area contributed by atoms with E-state index in [1.807, 2.05) is 59.5 Å². The molecule has 0 amide bonds. The van der Waals surface area contributed by atoms with Gasteiger partial charge in [0.05, 0.1) is 27.9 Å². The number of ether oxygens (including phenoxy) is 2. The number of halogens is 6. The zero-order chi connectivity index (χ0) is 28.0. The monoisotopic (exact) mass is 567 g/mol. The molecule has 0 fully saturated rings. The van der Waals surface area contributed by atoms with E-state index in [-0.39, 0.29) is 17.4 Å². The van der Waals surface area contributed by atoms with Crippen molar-refractivity contribution in [1.29, 1.82) is 0 Å². The smallest absolute Gasteiger partial charge is 0.271 e. The molecule has 1 N–H and O–H groups in total.